The number of piperidine rings is 1. The molecule has 3 heterocycles. The molecule has 1 amide bonds. The van der Waals surface area contributed by atoms with Crippen LogP contribution in [0, 0.1) is 13.8 Å². The summed E-state index contributed by atoms with van der Waals surface area (Å²) in [6, 6.07) is 1.80. The molecule has 0 aliphatic carbocycles. The zero-order valence-corrected chi connectivity index (χ0v) is 12.2. The topological polar surface area (TPSA) is 85.3 Å². The van der Waals surface area contributed by atoms with Crippen molar-refractivity contribution in [2.75, 3.05) is 13.1 Å². The molecule has 21 heavy (non-hydrogen) atoms. The van der Waals surface area contributed by atoms with Crippen LogP contribution in [0.5, 0.6) is 0 Å². The quantitative estimate of drug-likeness (QED) is 0.854. The van der Waals surface area contributed by atoms with Gasteiger partial charge in [-0.05, 0) is 19.8 Å². The van der Waals surface area contributed by atoms with E-state index in [4.69, 9.17) is 8.94 Å². The van der Waals surface area contributed by atoms with E-state index in [0.717, 1.165) is 18.6 Å². The van der Waals surface area contributed by atoms with Crippen LogP contribution in [0.2, 0.25) is 0 Å². The molecule has 0 unspecified atom stereocenters. The molecule has 2 aromatic rings. The molecular formula is C14H18N4O3. The summed E-state index contributed by atoms with van der Waals surface area (Å²) in [4.78, 5) is 14.1. The average Bonchev–Trinajstić information content (AvgIpc) is 3.08. The van der Waals surface area contributed by atoms with Crippen LogP contribution in [-0.4, -0.2) is 39.3 Å². The number of hydrogen-bond donors (Lipinski definition) is 0. The second kappa shape index (κ2) is 5.67. The van der Waals surface area contributed by atoms with Gasteiger partial charge >= 0.3 is 0 Å². The first-order chi connectivity index (χ1) is 10.1. The van der Waals surface area contributed by atoms with Gasteiger partial charge in [0.15, 0.2) is 0 Å². The molecular weight excluding hydrogens is 272 g/mol. The molecule has 0 saturated carbocycles. The molecule has 2 aromatic heterocycles. The Morgan fingerprint density at radius 1 is 1.33 bits per heavy atom. The lowest BCUT2D eigenvalue weighted by Crippen LogP contribution is -2.38. The first-order valence-corrected chi connectivity index (χ1v) is 7.12. The molecule has 112 valence electrons. The lowest BCUT2D eigenvalue weighted by Gasteiger charge is -2.30. The molecule has 0 N–H and O–H groups in total. The minimum atomic E-state index is 0.0865. The molecule has 0 spiro atoms. The third-order valence-electron chi connectivity index (χ3n) is 3.75. The fourth-order valence-corrected chi connectivity index (χ4v) is 2.62. The lowest BCUT2D eigenvalue weighted by molar-refractivity contribution is -0.131. The third kappa shape index (κ3) is 3.12. The van der Waals surface area contributed by atoms with Crippen LogP contribution in [0.25, 0.3) is 0 Å². The molecule has 7 heteroatoms. The van der Waals surface area contributed by atoms with E-state index < -0.39 is 0 Å². The van der Waals surface area contributed by atoms with Crippen molar-refractivity contribution in [3.63, 3.8) is 0 Å². The van der Waals surface area contributed by atoms with Crippen molar-refractivity contribution in [1.82, 2.24) is 20.3 Å². The number of aromatic nitrogens is 3. The highest BCUT2D eigenvalue weighted by Gasteiger charge is 2.27. The molecule has 1 fully saturated rings. The molecule has 0 bridgehead atoms. The number of carbonyl (C=O) groups excluding carboxylic acids is 1. The van der Waals surface area contributed by atoms with Crippen molar-refractivity contribution >= 4 is 5.91 Å². The smallest absolute Gasteiger partial charge is 0.228 e. The van der Waals surface area contributed by atoms with Gasteiger partial charge in [-0.2, -0.15) is 0 Å². The minimum Gasteiger partial charge on any atom is -0.425 e. The van der Waals surface area contributed by atoms with Crippen molar-refractivity contribution in [3.8, 4) is 0 Å². The van der Waals surface area contributed by atoms with Gasteiger partial charge in [-0.15, -0.1) is 10.2 Å². The minimum absolute atomic E-state index is 0.0865. The van der Waals surface area contributed by atoms with Crippen molar-refractivity contribution in [2.45, 2.75) is 39.0 Å². The van der Waals surface area contributed by atoms with Gasteiger partial charge in [-0.25, -0.2) is 0 Å². The summed E-state index contributed by atoms with van der Waals surface area (Å²) in [5.74, 6) is 2.34. The highest BCUT2D eigenvalue weighted by molar-refractivity contribution is 5.78. The van der Waals surface area contributed by atoms with Crippen LogP contribution < -0.4 is 0 Å². The van der Waals surface area contributed by atoms with Gasteiger partial charge in [-0.1, -0.05) is 5.16 Å². The van der Waals surface area contributed by atoms with E-state index in [2.05, 4.69) is 15.4 Å². The van der Waals surface area contributed by atoms with E-state index in [1.54, 1.807) is 13.0 Å². The lowest BCUT2D eigenvalue weighted by atomic mass is 9.96. The monoisotopic (exact) mass is 290 g/mol. The highest BCUT2D eigenvalue weighted by Crippen LogP contribution is 2.27. The van der Waals surface area contributed by atoms with Gasteiger partial charge < -0.3 is 13.8 Å². The summed E-state index contributed by atoms with van der Waals surface area (Å²) in [5.41, 5.74) is 0.687. The van der Waals surface area contributed by atoms with E-state index in [-0.39, 0.29) is 11.8 Å². The number of aryl methyl sites for hydroxylation is 2. The fraction of sp³-hybridized carbons (Fsp3) is 0.571. The fourth-order valence-electron chi connectivity index (χ4n) is 2.62. The van der Waals surface area contributed by atoms with Crippen LogP contribution >= 0.6 is 0 Å². The largest absolute Gasteiger partial charge is 0.425 e. The molecule has 1 aliphatic heterocycles. The maximum Gasteiger partial charge on any atom is 0.228 e. The molecule has 0 aromatic carbocycles. The first-order valence-electron chi connectivity index (χ1n) is 7.12. The van der Waals surface area contributed by atoms with Gasteiger partial charge in [-0.3, -0.25) is 4.79 Å². The number of nitrogens with zero attached hydrogens (tertiary/aromatic N) is 4. The number of amides is 1. The zero-order valence-electron chi connectivity index (χ0n) is 12.2. The Morgan fingerprint density at radius 3 is 2.67 bits per heavy atom. The second-order valence-electron chi connectivity index (χ2n) is 5.42. The maximum atomic E-state index is 12.2. The average molecular weight is 290 g/mol. The van der Waals surface area contributed by atoms with Crippen LogP contribution in [0.3, 0.4) is 0 Å². The van der Waals surface area contributed by atoms with Crippen LogP contribution in [0.15, 0.2) is 15.0 Å². The number of hydrogen-bond acceptors (Lipinski definition) is 6. The first kappa shape index (κ1) is 13.8. The Morgan fingerprint density at radius 2 is 2.10 bits per heavy atom. The van der Waals surface area contributed by atoms with Gasteiger partial charge in [0.25, 0.3) is 0 Å². The second-order valence-corrected chi connectivity index (χ2v) is 5.42. The standard InChI is InChI=1S/C14H18N4O3/c1-9-7-12(17-21-9)8-13(19)18-5-3-11(4-6-18)14-16-15-10(2)20-14/h7,11H,3-6,8H2,1-2H3. The van der Waals surface area contributed by atoms with Crippen LogP contribution in [-0.2, 0) is 11.2 Å². The molecule has 7 nitrogen and oxygen atoms in total. The molecule has 1 aliphatic rings. The normalized spacial score (nSPS) is 16.4. The number of rotatable bonds is 3. The van der Waals surface area contributed by atoms with Gasteiger partial charge in [0.1, 0.15) is 5.76 Å². The van der Waals surface area contributed by atoms with Crippen molar-refractivity contribution in [2.24, 2.45) is 0 Å². The predicted octanol–water partition coefficient (Wildman–Crippen LogP) is 1.62. The predicted molar refractivity (Wildman–Crippen MR) is 72.5 cm³/mol. The number of carbonyl (C=O) groups is 1. The molecule has 1 saturated heterocycles. The SMILES string of the molecule is Cc1cc(CC(=O)N2CCC(c3nnc(C)o3)CC2)no1. The Kier molecular flexibility index (Phi) is 3.72. The Bertz CT molecular complexity index is 626. The Hall–Kier alpha value is -2.18. The molecule has 0 atom stereocenters. The van der Waals surface area contributed by atoms with E-state index in [1.165, 1.54) is 0 Å². The summed E-state index contributed by atoms with van der Waals surface area (Å²) >= 11 is 0. The van der Waals surface area contributed by atoms with Crippen molar-refractivity contribution in [3.05, 3.63) is 29.3 Å². The zero-order chi connectivity index (χ0) is 14.8. The third-order valence-corrected chi connectivity index (χ3v) is 3.75. The van der Waals surface area contributed by atoms with Gasteiger partial charge in [0.05, 0.1) is 12.1 Å². The van der Waals surface area contributed by atoms with Gasteiger partial charge in [0.2, 0.25) is 17.7 Å². The summed E-state index contributed by atoms with van der Waals surface area (Å²) in [7, 11) is 0. The Labute approximate surface area is 122 Å². The molecule has 3 rings (SSSR count). The van der Waals surface area contributed by atoms with E-state index in [9.17, 15) is 4.79 Å². The van der Waals surface area contributed by atoms with E-state index in [1.807, 2.05) is 11.8 Å². The Balaban J connectivity index is 1.54. The molecule has 0 radical (unpaired) electrons. The van der Waals surface area contributed by atoms with E-state index in [0.29, 0.717) is 37.0 Å². The van der Waals surface area contributed by atoms with Crippen LogP contribution in [0.4, 0.5) is 0 Å². The maximum absolute atomic E-state index is 12.2. The summed E-state index contributed by atoms with van der Waals surface area (Å²) in [5, 5.41) is 11.8. The number of likely N-dealkylation sites (tertiary alicyclic amines) is 1. The summed E-state index contributed by atoms with van der Waals surface area (Å²) in [6.07, 6.45) is 2.00. The summed E-state index contributed by atoms with van der Waals surface area (Å²) < 4.78 is 10.5. The highest BCUT2D eigenvalue weighted by atomic mass is 16.5. The van der Waals surface area contributed by atoms with Crippen LogP contribution in [0.1, 0.15) is 42.0 Å². The summed E-state index contributed by atoms with van der Waals surface area (Å²) in [6.45, 7) is 5.03. The van der Waals surface area contributed by atoms with Crippen molar-refractivity contribution in [1.29, 1.82) is 0 Å². The van der Waals surface area contributed by atoms with Crippen molar-refractivity contribution < 1.29 is 13.7 Å². The van der Waals surface area contributed by atoms with Gasteiger partial charge in [0, 0.05) is 32.0 Å². The van der Waals surface area contributed by atoms with E-state index >= 15 is 0 Å².